The van der Waals surface area contributed by atoms with Gasteiger partial charge in [0.05, 0.1) is 0 Å². The van der Waals surface area contributed by atoms with Crippen LogP contribution in [0.5, 0.6) is 0 Å². The SMILES string of the molecule is O=C(N[C@H]1CC[C@H]2CC[C@@H](C(=O)O)N2C1=O)OCc1ccccc1. The summed E-state index contributed by atoms with van der Waals surface area (Å²) in [4.78, 5) is 37.2. The number of piperidine rings is 1. The Kier molecular flexibility index (Phi) is 4.69. The van der Waals surface area contributed by atoms with E-state index in [0.29, 0.717) is 25.7 Å². The zero-order valence-electron chi connectivity index (χ0n) is 13.2. The van der Waals surface area contributed by atoms with E-state index in [1.807, 2.05) is 30.3 Å². The molecule has 2 amide bonds. The number of ether oxygens (including phenoxy) is 1. The Morgan fingerprint density at radius 3 is 2.58 bits per heavy atom. The van der Waals surface area contributed by atoms with Gasteiger partial charge >= 0.3 is 12.1 Å². The van der Waals surface area contributed by atoms with Crippen LogP contribution in [0.1, 0.15) is 31.2 Å². The summed E-state index contributed by atoms with van der Waals surface area (Å²) >= 11 is 0. The fourth-order valence-electron chi connectivity index (χ4n) is 3.45. The van der Waals surface area contributed by atoms with Crippen molar-refractivity contribution < 1.29 is 24.2 Å². The second-order valence-electron chi connectivity index (χ2n) is 6.17. The molecule has 0 spiro atoms. The van der Waals surface area contributed by atoms with Crippen molar-refractivity contribution in [1.29, 1.82) is 0 Å². The van der Waals surface area contributed by atoms with Crippen LogP contribution in [-0.2, 0) is 20.9 Å². The number of carboxylic acid groups (broad SMARTS) is 1. The minimum atomic E-state index is -0.988. The molecular formula is C17H20N2O5. The highest BCUT2D eigenvalue weighted by molar-refractivity contribution is 5.90. The summed E-state index contributed by atoms with van der Waals surface area (Å²) in [7, 11) is 0. The molecule has 0 bridgehead atoms. The molecule has 7 nitrogen and oxygen atoms in total. The van der Waals surface area contributed by atoms with Crippen LogP contribution in [0.15, 0.2) is 30.3 Å². The number of carbonyl (C=O) groups is 3. The summed E-state index contributed by atoms with van der Waals surface area (Å²) in [5.41, 5.74) is 0.855. The number of benzene rings is 1. The molecule has 2 saturated heterocycles. The van der Waals surface area contributed by atoms with E-state index < -0.39 is 24.1 Å². The van der Waals surface area contributed by atoms with Crippen molar-refractivity contribution in [3.63, 3.8) is 0 Å². The monoisotopic (exact) mass is 332 g/mol. The van der Waals surface area contributed by atoms with Crippen LogP contribution in [0.25, 0.3) is 0 Å². The third kappa shape index (κ3) is 3.34. The standard InChI is InChI=1S/C17H20N2O5/c20-15-13(8-6-12-7-9-14(16(21)22)19(12)15)18-17(23)24-10-11-4-2-1-3-5-11/h1-5,12-14H,6-10H2,(H,18,23)(H,21,22)/t12-,13-,14-/m0/s1. The molecule has 1 aromatic rings. The quantitative estimate of drug-likeness (QED) is 0.871. The molecule has 1 aromatic carbocycles. The first kappa shape index (κ1) is 16.3. The smallest absolute Gasteiger partial charge is 0.408 e. The van der Waals surface area contributed by atoms with E-state index in [1.165, 1.54) is 4.90 Å². The molecule has 128 valence electrons. The van der Waals surface area contributed by atoms with Crippen LogP contribution in [0.2, 0.25) is 0 Å². The van der Waals surface area contributed by atoms with Crippen LogP contribution in [-0.4, -0.2) is 46.1 Å². The molecule has 2 aliphatic rings. The fourth-order valence-corrected chi connectivity index (χ4v) is 3.45. The Morgan fingerprint density at radius 1 is 1.17 bits per heavy atom. The number of carbonyl (C=O) groups excluding carboxylic acids is 2. The Bertz CT molecular complexity index is 633. The molecule has 0 aromatic heterocycles. The lowest BCUT2D eigenvalue weighted by Gasteiger charge is -2.36. The lowest BCUT2D eigenvalue weighted by Crippen LogP contribution is -2.57. The molecular weight excluding hydrogens is 312 g/mol. The van der Waals surface area contributed by atoms with E-state index in [9.17, 15) is 19.5 Å². The van der Waals surface area contributed by atoms with Gasteiger partial charge in [-0.05, 0) is 31.2 Å². The summed E-state index contributed by atoms with van der Waals surface area (Å²) in [5, 5.41) is 11.8. The van der Waals surface area contributed by atoms with Crippen molar-refractivity contribution in [3.8, 4) is 0 Å². The molecule has 2 fully saturated rings. The largest absolute Gasteiger partial charge is 0.480 e. The first-order chi connectivity index (χ1) is 11.6. The number of nitrogens with zero attached hydrogens (tertiary/aromatic N) is 1. The second kappa shape index (κ2) is 6.90. The molecule has 0 aliphatic carbocycles. The van der Waals surface area contributed by atoms with E-state index in [2.05, 4.69) is 5.32 Å². The van der Waals surface area contributed by atoms with Crippen molar-refractivity contribution in [3.05, 3.63) is 35.9 Å². The Hall–Kier alpha value is -2.57. The first-order valence-electron chi connectivity index (χ1n) is 8.08. The van der Waals surface area contributed by atoms with Gasteiger partial charge in [-0.1, -0.05) is 30.3 Å². The van der Waals surface area contributed by atoms with Gasteiger partial charge in [0.25, 0.3) is 0 Å². The Labute approximate surface area is 139 Å². The van der Waals surface area contributed by atoms with Crippen LogP contribution in [0, 0.1) is 0 Å². The van der Waals surface area contributed by atoms with Crippen molar-refractivity contribution >= 4 is 18.0 Å². The third-order valence-corrected chi connectivity index (χ3v) is 4.63. The summed E-state index contributed by atoms with van der Waals surface area (Å²) in [6.07, 6.45) is 1.71. The van der Waals surface area contributed by atoms with Gasteiger partial charge in [-0.25, -0.2) is 9.59 Å². The maximum atomic E-state index is 12.5. The number of hydrogen-bond acceptors (Lipinski definition) is 4. The molecule has 2 aliphatic heterocycles. The van der Waals surface area contributed by atoms with Crippen molar-refractivity contribution in [2.75, 3.05) is 0 Å². The molecule has 0 unspecified atom stereocenters. The van der Waals surface area contributed by atoms with E-state index in [1.54, 1.807) is 0 Å². The van der Waals surface area contributed by atoms with Crippen LogP contribution < -0.4 is 5.32 Å². The summed E-state index contributed by atoms with van der Waals surface area (Å²) in [6, 6.07) is 7.71. The average Bonchev–Trinajstić information content (AvgIpc) is 3.02. The Balaban J connectivity index is 1.56. The number of carboxylic acids is 1. The zero-order valence-corrected chi connectivity index (χ0v) is 13.2. The van der Waals surface area contributed by atoms with Gasteiger partial charge in [-0.3, -0.25) is 4.79 Å². The van der Waals surface area contributed by atoms with Gasteiger partial charge < -0.3 is 20.1 Å². The minimum absolute atomic E-state index is 0.0306. The van der Waals surface area contributed by atoms with Crippen LogP contribution in [0.4, 0.5) is 4.79 Å². The highest BCUT2D eigenvalue weighted by Gasteiger charge is 2.46. The molecule has 2 heterocycles. The fraction of sp³-hybridized carbons (Fsp3) is 0.471. The number of nitrogens with one attached hydrogen (secondary N) is 1. The van der Waals surface area contributed by atoms with Crippen molar-refractivity contribution in [2.24, 2.45) is 0 Å². The number of hydrogen-bond donors (Lipinski definition) is 2. The predicted molar refractivity (Wildman–Crippen MR) is 84.1 cm³/mol. The van der Waals surface area contributed by atoms with Crippen LogP contribution in [0.3, 0.4) is 0 Å². The maximum Gasteiger partial charge on any atom is 0.408 e. The molecule has 3 atom stereocenters. The molecule has 24 heavy (non-hydrogen) atoms. The molecule has 3 rings (SSSR count). The molecule has 0 radical (unpaired) electrons. The van der Waals surface area contributed by atoms with Gasteiger partial charge in [0.2, 0.25) is 5.91 Å². The third-order valence-electron chi connectivity index (χ3n) is 4.63. The topological polar surface area (TPSA) is 95.9 Å². The summed E-state index contributed by atoms with van der Waals surface area (Å²) < 4.78 is 5.13. The Morgan fingerprint density at radius 2 is 1.88 bits per heavy atom. The van der Waals surface area contributed by atoms with Crippen LogP contribution >= 0.6 is 0 Å². The van der Waals surface area contributed by atoms with E-state index in [4.69, 9.17) is 4.74 Å². The van der Waals surface area contributed by atoms with E-state index in [-0.39, 0.29) is 18.6 Å². The van der Waals surface area contributed by atoms with E-state index in [0.717, 1.165) is 5.56 Å². The molecule has 2 N–H and O–H groups in total. The number of aliphatic carboxylic acids is 1. The van der Waals surface area contributed by atoms with Gasteiger partial charge in [0.1, 0.15) is 18.7 Å². The number of amides is 2. The second-order valence-corrected chi connectivity index (χ2v) is 6.17. The first-order valence-corrected chi connectivity index (χ1v) is 8.08. The number of fused-ring (bicyclic) bond motifs is 1. The zero-order chi connectivity index (χ0) is 17.1. The molecule has 0 saturated carbocycles. The van der Waals surface area contributed by atoms with Gasteiger partial charge in [0.15, 0.2) is 0 Å². The normalized spacial score (nSPS) is 25.9. The summed E-state index contributed by atoms with van der Waals surface area (Å²) in [6.45, 7) is 0.123. The van der Waals surface area contributed by atoms with Gasteiger partial charge in [-0.2, -0.15) is 0 Å². The summed E-state index contributed by atoms with van der Waals surface area (Å²) in [5.74, 6) is -1.31. The van der Waals surface area contributed by atoms with Gasteiger partial charge in [-0.15, -0.1) is 0 Å². The number of rotatable bonds is 4. The maximum absolute atomic E-state index is 12.5. The highest BCUT2D eigenvalue weighted by atomic mass is 16.5. The van der Waals surface area contributed by atoms with Gasteiger partial charge in [0, 0.05) is 6.04 Å². The predicted octanol–water partition coefficient (Wildman–Crippen LogP) is 1.52. The highest BCUT2D eigenvalue weighted by Crippen LogP contribution is 2.32. The minimum Gasteiger partial charge on any atom is -0.480 e. The average molecular weight is 332 g/mol. The lowest BCUT2D eigenvalue weighted by atomic mass is 9.98. The molecule has 7 heteroatoms. The van der Waals surface area contributed by atoms with Crippen molar-refractivity contribution in [2.45, 2.75) is 50.4 Å². The lowest BCUT2D eigenvalue weighted by molar-refractivity contribution is -0.152. The van der Waals surface area contributed by atoms with Crippen molar-refractivity contribution in [1.82, 2.24) is 10.2 Å². The van der Waals surface area contributed by atoms with E-state index >= 15 is 0 Å². The number of alkyl carbamates (subject to hydrolysis) is 1.